The van der Waals surface area contributed by atoms with Crippen LogP contribution in [0.15, 0.2) is 18.2 Å². The van der Waals surface area contributed by atoms with Crippen molar-refractivity contribution < 1.29 is 9.47 Å². The van der Waals surface area contributed by atoms with E-state index in [1.807, 2.05) is 6.07 Å². The minimum atomic E-state index is 0.509. The van der Waals surface area contributed by atoms with Gasteiger partial charge in [-0.25, -0.2) is 0 Å². The van der Waals surface area contributed by atoms with Crippen LogP contribution in [-0.2, 0) is 4.74 Å². The number of piperidine rings is 1. The molecule has 0 aliphatic carbocycles. The van der Waals surface area contributed by atoms with Crippen LogP contribution in [0.3, 0.4) is 0 Å². The van der Waals surface area contributed by atoms with Gasteiger partial charge in [0.05, 0.1) is 23.3 Å². The highest BCUT2D eigenvalue weighted by molar-refractivity contribution is 6.42. The zero-order chi connectivity index (χ0) is 15.1. The van der Waals surface area contributed by atoms with Crippen molar-refractivity contribution in [2.75, 3.05) is 39.5 Å². The minimum Gasteiger partial charge on any atom is -0.491 e. The Balaban J connectivity index is 1.54. The summed E-state index contributed by atoms with van der Waals surface area (Å²) < 4.78 is 11.2. The summed E-state index contributed by atoms with van der Waals surface area (Å²) in [5, 5.41) is 1.05. The largest absolute Gasteiger partial charge is 0.491 e. The first-order valence-electron chi connectivity index (χ1n) is 7.53. The van der Waals surface area contributed by atoms with E-state index in [-0.39, 0.29) is 0 Å². The van der Waals surface area contributed by atoms with E-state index in [1.54, 1.807) is 12.1 Å². The fraction of sp³-hybridized carbons (Fsp3) is 0.625. The summed E-state index contributed by atoms with van der Waals surface area (Å²) >= 11 is 11.8. The number of benzene rings is 1. The Morgan fingerprint density at radius 1 is 1.19 bits per heavy atom. The average molecular weight is 332 g/mol. The molecule has 1 atom stereocenters. The van der Waals surface area contributed by atoms with Crippen molar-refractivity contribution in [1.82, 2.24) is 4.90 Å². The Labute approximate surface area is 137 Å². The van der Waals surface area contributed by atoms with Crippen LogP contribution in [0.2, 0.25) is 10.0 Å². The fourth-order valence-electron chi connectivity index (χ4n) is 2.57. The highest BCUT2D eigenvalue weighted by atomic mass is 35.5. The molecule has 21 heavy (non-hydrogen) atoms. The van der Waals surface area contributed by atoms with Crippen LogP contribution >= 0.6 is 23.2 Å². The van der Waals surface area contributed by atoms with Crippen molar-refractivity contribution in [3.63, 3.8) is 0 Å². The van der Waals surface area contributed by atoms with E-state index in [1.165, 1.54) is 25.9 Å². The fourth-order valence-corrected chi connectivity index (χ4v) is 2.86. The molecule has 1 aromatic carbocycles. The second-order valence-corrected chi connectivity index (χ2v) is 6.40. The summed E-state index contributed by atoms with van der Waals surface area (Å²) in [5.41, 5.74) is 0. The van der Waals surface area contributed by atoms with E-state index < -0.39 is 0 Å². The smallest absolute Gasteiger partial charge is 0.121 e. The van der Waals surface area contributed by atoms with Crippen molar-refractivity contribution in [3.8, 4) is 5.75 Å². The van der Waals surface area contributed by atoms with Gasteiger partial charge in [0.2, 0.25) is 0 Å². The number of hydrogen-bond acceptors (Lipinski definition) is 3. The van der Waals surface area contributed by atoms with Crippen molar-refractivity contribution in [2.24, 2.45) is 5.92 Å². The normalized spacial score (nSPS) is 19.7. The summed E-state index contributed by atoms with van der Waals surface area (Å²) in [5.74, 6) is 1.54. The van der Waals surface area contributed by atoms with Crippen LogP contribution < -0.4 is 4.74 Å². The van der Waals surface area contributed by atoms with Crippen LogP contribution in [0.5, 0.6) is 5.75 Å². The van der Waals surface area contributed by atoms with Crippen molar-refractivity contribution in [3.05, 3.63) is 28.2 Å². The molecule has 118 valence electrons. The molecule has 0 amide bonds. The van der Waals surface area contributed by atoms with E-state index in [2.05, 4.69) is 11.8 Å². The van der Waals surface area contributed by atoms with Gasteiger partial charge in [-0.3, -0.25) is 0 Å². The van der Waals surface area contributed by atoms with Crippen LogP contribution in [-0.4, -0.2) is 44.4 Å². The average Bonchev–Trinajstić information content (AvgIpc) is 2.46. The number of rotatable bonds is 7. The highest BCUT2D eigenvalue weighted by Gasteiger charge is 2.15. The zero-order valence-corrected chi connectivity index (χ0v) is 14.0. The summed E-state index contributed by atoms with van der Waals surface area (Å²) in [4.78, 5) is 2.48. The molecule has 0 unspecified atom stereocenters. The summed E-state index contributed by atoms with van der Waals surface area (Å²) in [6.07, 6.45) is 2.66. The number of hydrogen-bond donors (Lipinski definition) is 0. The molecule has 2 rings (SSSR count). The summed E-state index contributed by atoms with van der Waals surface area (Å²) in [6.45, 7) is 7.60. The molecule has 1 saturated heterocycles. The molecule has 0 radical (unpaired) electrons. The molecule has 5 heteroatoms. The Kier molecular flexibility index (Phi) is 7.11. The lowest BCUT2D eigenvalue weighted by Gasteiger charge is -2.30. The molecular weight excluding hydrogens is 309 g/mol. The van der Waals surface area contributed by atoms with Gasteiger partial charge in [-0.15, -0.1) is 0 Å². The van der Waals surface area contributed by atoms with Crippen LogP contribution in [0.1, 0.15) is 19.8 Å². The lowest BCUT2D eigenvalue weighted by Crippen LogP contribution is -2.36. The molecule has 1 heterocycles. The van der Waals surface area contributed by atoms with Gasteiger partial charge >= 0.3 is 0 Å². The van der Waals surface area contributed by atoms with Gasteiger partial charge in [0.25, 0.3) is 0 Å². The molecule has 0 N–H and O–H groups in total. The lowest BCUT2D eigenvalue weighted by atomic mass is 10.0. The second kappa shape index (κ2) is 8.84. The first-order valence-corrected chi connectivity index (χ1v) is 8.28. The third kappa shape index (κ3) is 6.03. The second-order valence-electron chi connectivity index (χ2n) is 5.58. The van der Waals surface area contributed by atoms with E-state index in [9.17, 15) is 0 Å². The minimum absolute atomic E-state index is 0.509. The zero-order valence-electron chi connectivity index (χ0n) is 12.5. The Morgan fingerprint density at radius 3 is 2.81 bits per heavy atom. The van der Waals surface area contributed by atoms with E-state index >= 15 is 0 Å². The maximum atomic E-state index is 5.93. The molecule has 1 fully saturated rings. The first-order chi connectivity index (χ1) is 10.1. The molecule has 3 nitrogen and oxygen atoms in total. The van der Waals surface area contributed by atoms with Gasteiger partial charge in [0.1, 0.15) is 12.4 Å². The van der Waals surface area contributed by atoms with Gasteiger partial charge < -0.3 is 14.4 Å². The van der Waals surface area contributed by atoms with Gasteiger partial charge in [-0.1, -0.05) is 30.1 Å². The van der Waals surface area contributed by atoms with Gasteiger partial charge in [-0.05, 0) is 37.4 Å². The Morgan fingerprint density at radius 2 is 2.05 bits per heavy atom. The molecule has 0 spiro atoms. The number of halogens is 2. The Bertz CT molecular complexity index is 442. The third-order valence-electron chi connectivity index (χ3n) is 3.68. The molecule has 1 aliphatic heterocycles. The Hall–Kier alpha value is -0.480. The molecule has 1 aliphatic rings. The van der Waals surface area contributed by atoms with Crippen molar-refractivity contribution in [2.45, 2.75) is 19.8 Å². The van der Waals surface area contributed by atoms with Gasteiger partial charge in [-0.2, -0.15) is 0 Å². The standard InChI is InChI=1S/C16H23Cl2NO2/c1-13-3-2-6-19(12-13)7-8-20-9-10-21-14-4-5-15(17)16(18)11-14/h4-5,11,13H,2-3,6-10,12H2,1H3/t13-/m1/s1. The maximum Gasteiger partial charge on any atom is 0.121 e. The van der Waals surface area contributed by atoms with Crippen LogP contribution in [0.25, 0.3) is 0 Å². The summed E-state index contributed by atoms with van der Waals surface area (Å²) in [6, 6.07) is 5.26. The van der Waals surface area contributed by atoms with E-state index in [4.69, 9.17) is 32.7 Å². The predicted molar refractivity (Wildman–Crippen MR) is 87.6 cm³/mol. The third-order valence-corrected chi connectivity index (χ3v) is 4.42. The molecular formula is C16H23Cl2NO2. The number of ether oxygens (including phenoxy) is 2. The molecule has 1 aromatic rings. The number of nitrogens with zero attached hydrogens (tertiary/aromatic N) is 1. The lowest BCUT2D eigenvalue weighted by molar-refractivity contribution is 0.0689. The monoisotopic (exact) mass is 331 g/mol. The SMILES string of the molecule is C[C@@H]1CCCN(CCOCCOc2ccc(Cl)c(Cl)c2)C1. The maximum absolute atomic E-state index is 5.93. The topological polar surface area (TPSA) is 21.7 Å². The molecule has 0 saturated carbocycles. The quantitative estimate of drug-likeness (QED) is 0.701. The number of likely N-dealkylation sites (tertiary alicyclic amines) is 1. The van der Waals surface area contributed by atoms with Crippen molar-refractivity contribution in [1.29, 1.82) is 0 Å². The molecule has 0 aromatic heterocycles. The predicted octanol–water partition coefficient (Wildman–Crippen LogP) is 4.12. The summed E-state index contributed by atoms with van der Waals surface area (Å²) in [7, 11) is 0. The van der Waals surface area contributed by atoms with E-state index in [0.717, 1.165) is 24.8 Å². The molecule has 0 bridgehead atoms. The van der Waals surface area contributed by atoms with Crippen LogP contribution in [0, 0.1) is 5.92 Å². The van der Waals surface area contributed by atoms with Gasteiger partial charge in [0, 0.05) is 19.2 Å². The first kappa shape index (κ1) is 16.9. The van der Waals surface area contributed by atoms with Crippen molar-refractivity contribution >= 4 is 23.2 Å². The van der Waals surface area contributed by atoms with E-state index in [0.29, 0.717) is 23.3 Å². The van der Waals surface area contributed by atoms with Crippen LogP contribution in [0.4, 0.5) is 0 Å². The van der Waals surface area contributed by atoms with Gasteiger partial charge in [0.15, 0.2) is 0 Å². The highest BCUT2D eigenvalue weighted by Crippen LogP contribution is 2.26.